The van der Waals surface area contributed by atoms with Gasteiger partial charge in [-0.2, -0.15) is 4.98 Å². The molecule has 33 heavy (non-hydrogen) atoms. The molecule has 3 N–H and O–H groups in total. The molecule has 182 valence electrons. The minimum atomic E-state index is -1.65. The molecule has 1 saturated heterocycles. The zero-order chi connectivity index (χ0) is 23.8. The van der Waals surface area contributed by atoms with Crippen molar-refractivity contribution in [3.63, 3.8) is 0 Å². The number of ether oxygens (including phenoxy) is 1. The smallest absolute Gasteiger partial charge is 0.324 e. The van der Waals surface area contributed by atoms with Gasteiger partial charge in [-0.05, 0) is 75.6 Å². The number of carbonyl (C=O) groups excluding carboxylic acids is 1. The maximum atomic E-state index is 12.3. The van der Waals surface area contributed by atoms with Gasteiger partial charge in [0.25, 0.3) is 5.91 Å². The van der Waals surface area contributed by atoms with Gasteiger partial charge in [-0.15, -0.1) is 0 Å². The molecular formula is C24H36N4O5. The highest BCUT2D eigenvalue weighted by atomic mass is 16.5. The third-order valence-corrected chi connectivity index (χ3v) is 5.97. The molecule has 0 saturated carbocycles. The number of aromatic nitrogens is 2. The lowest BCUT2D eigenvalue weighted by Crippen LogP contribution is -2.48. The van der Waals surface area contributed by atoms with E-state index in [9.17, 15) is 9.90 Å². The Balaban J connectivity index is 1.38. The van der Waals surface area contributed by atoms with E-state index in [2.05, 4.69) is 27.3 Å². The summed E-state index contributed by atoms with van der Waals surface area (Å²) < 4.78 is 11.3. The number of hydrogen-bond donors (Lipinski definition) is 3. The third-order valence-electron chi connectivity index (χ3n) is 5.97. The van der Waals surface area contributed by atoms with E-state index < -0.39 is 18.2 Å². The van der Waals surface area contributed by atoms with Crippen LogP contribution in [0.4, 0.5) is 6.01 Å². The number of piperidine rings is 1. The lowest BCUT2D eigenvalue weighted by atomic mass is 9.92. The van der Waals surface area contributed by atoms with Gasteiger partial charge >= 0.3 is 6.01 Å². The monoisotopic (exact) mass is 460 g/mol. The predicted octanol–water partition coefficient (Wildman–Crippen LogP) is 2.84. The number of aryl methyl sites for hydroxylation is 2. The van der Waals surface area contributed by atoms with Gasteiger partial charge in [0, 0.05) is 25.1 Å². The van der Waals surface area contributed by atoms with E-state index in [1.54, 1.807) is 12.1 Å². The van der Waals surface area contributed by atoms with Gasteiger partial charge in [-0.3, -0.25) is 4.79 Å². The fourth-order valence-electron chi connectivity index (χ4n) is 4.01. The van der Waals surface area contributed by atoms with Crippen molar-refractivity contribution < 1.29 is 24.3 Å². The van der Waals surface area contributed by atoms with Crippen molar-refractivity contribution in [2.75, 3.05) is 31.2 Å². The highest BCUT2D eigenvalue weighted by Crippen LogP contribution is 2.26. The van der Waals surface area contributed by atoms with Crippen molar-refractivity contribution in [3.8, 4) is 5.75 Å². The van der Waals surface area contributed by atoms with Crippen LogP contribution in [-0.2, 0) is 6.42 Å². The zero-order valence-electron chi connectivity index (χ0n) is 19.8. The van der Waals surface area contributed by atoms with Crippen molar-refractivity contribution in [1.82, 2.24) is 15.5 Å². The number of nitrogens with zero attached hydrogens (tertiary/aromatic N) is 3. The quantitative estimate of drug-likeness (QED) is 0.346. The molecule has 1 unspecified atom stereocenters. The van der Waals surface area contributed by atoms with Gasteiger partial charge in [0.2, 0.25) is 0 Å². The number of nitrogens with one attached hydrogen (secondary N) is 1. The molecule has 1 aliphatic rings. The Morgan fingerprint density at radius 2 is 2.12 bits per heavy atom. The second-order valence-electron chi connectivity index (χ2n) is 9.03. The first-order valence-corrected chi connectivity index (χ1v) is 11.8. The van der Waals surface area contributed by atoms with Crippen LogP contribution in [0.3, 0.4) is 0 Å². The normalized spacial score (nSPS) is 16.5. The molecule has 9 heteroatoms. The van der Waals surface area contributed by atoms with Crippen LogP contribution in [0.1, 0.15) is 67.7 Å². The number of anilines is 1. The third kappa shape index (κ3) is 7.17. The average molecular weight is 461 g/mol. The highest BCUT2D eigenvalue weighted by Gasteiger charge is 2.24. The summed E-state index contributed by atoms with van der Waals surface area (Å²) in [6.45, 7) is 7.19. The molecule has 3 rings (SSSR count). The molecule has 0 aliphatic carbocycles. The summed E-state index contributed by atoms with van der Waals surface area (Å²) in [6, 6.07) is 5.89. The van der Waals surface area contributed by atoms with E-state index >= 15 is 0 Å². The van der Waals surface area contributed by atoms with Crippen LogP contribution in [0.2, 0.25) is 0 Å². The molecule has 1 fully saturated rings. The average Bonchev–Trinajstić information content (AvgIpc) is 3.26. The molecule has 2 heterocycles. The highest BCUT2D eigenvalue weighted by molar-refractivity contribution is 5.96. The lowest BCUT2D eigenvalue weighted by Gasteiger charge is -2.30. The number of aliphatic hydroxyl groups is 2. The molecule has 0 spiro atoms. The Kier molecular flexibility index (Phi) is 8.68. The molecule has 9 nitrogen and oxygen atoms in total. The van der Waals surface area contributed by atoms with E-state index in [1.807, 2.05) is 13.0 Å². The van der Waals surface area contributed by atoms with Gasteiger partial charge in [0.15, 0.2) is 11.5 Å². The SMILES string of the molecule is CCCc1noc(N2CCC(CCCOc3ccc(C(=O)NC(C)(O)CO)c(C)c3)CC2)n1. The predicted molar refractivity (Wildman–Crippen MR) is 124 cm³/mol. The molecular weight excluding hydrogens is 424 g/mol. The first-order chi connectivity index (χ1) is 15.8. The van der Waals surface area contributed by atoms with Crippen LogP contribution in [0.5, 0.6) is 5.75 Å². The summed E-state index contributed by atoms with van der Waals surface area (Å²) in [7, 11) is 0. The largest absolute Gasteiger partial charge is 0.494 e. The number of rotatable bonds is 11. The number of hydrogen-bond acceptors (Lipinski definition) is 8. The first-order valence-electron chi connectivity index (χ1n) is 11.8. The van der Waals surface area contributed by atoms with Crippen LogP contribution >= 0.6 is 0 Å². The van der Waals surface area contributed by atoms with Gasteiger partial charge in [-0.25, -0.2) is 0 Å². The maximum absolute atomic E-state index is 12.3. The molecule has 0 radical (unpaired) electrons. The van der Waals surface area contributed by atoms with E-state index in [1.165, 1.54) is 6.92 Å². The molecule has 0 bridgehead atoms. The number of amides is 1. The summed E-state index contributed by atoms with van der Waals surface area (Å²) >= 11 is 0. The summed E-state index contributed by atoms with van der Waals surface area (Å²) in [5.74, 6) is 1.72. The fraction of sp³-hybridized carbons (Fsp3) is 0.625. The Bertz CT molecular complexity index is 906. The maximum Gasteiger partial charge on any atom is 0.324 e. The van der Waals surface area contributed by atoms with E-state index in [0.717, 1.165) is 63.0 Å². The van der Waals surface area contributed by atoms with Crippen LogP contribution < -0.4 is 15.0 Å². The van der Waals surface area contributed by atoms with E-state index in [-0.39, 0.29) is 0 Å². The molecule has 1 aliphatic heterocycles. The number of benzene rings is 1. The topological polar surface area (TPSA) is 121 Å². The Hall–Kier alpha value is -2.65. The Labute approximate surface area is 195 Å². The zero-order valence-corrected chi connectivity index (χ0v) is 19.8. The standard InChI is InChI=1S/C24H36N4O5/c1-4-6-21-25-23(33-27-21)28-12-10-18(11-13-28)7-5-14-32-19-8-9-20(17(2)15-19)22(30)26-24(3,31)16-29/h8-9,15,18,29,31H,4-7,10-14,16H2,1-3H3,(H,26,30). The second-order valence-corrected chi connectivity index (χ2v) is 9.03. The minimum absolute atomic E-state index is 0.436. The van der Waals surface area contributed by atoms with Crippen LogP contribution in [0.15, 0.2) is 22.7 Å². The molecule has 1 atom stereocenters. The number of carbonyl (C=O) groups is 1. The molecule has 1 aromatic carbocycles. The lowest BCUT2D eigenvalue weighted by molar-refractivity contribution is -0.0216. The van der Waals surface area contributed by atoms with Gasteiger partial charge in [0.1, 0.15) is 5.75 Å². The summed E-state index contributed by atoms with van der Waals surface area (Å²) in [5.41, 5.74) is -0.474. The van der Waals surface area contributed by atoms with Crippen molar-refractivity contribution in [2.24, 2.45) is 5.92 Å². The number of aliphatic hydroxyl groups excluding tert-OH is 1. The van der Waals surface area contributed by atoms with Crippen LogP contribution in [0, 0.1) is 12.8 Å². The summed E-state index contributed by atoms with van der Waals surface area (Å²) in [4.78, 5) is 19.0. The Morgan fingerprint density at radius 1 is 1.36 bits per heavy atom. The van der Waals surface area contributed by atoms with Gasteiger partial charge < -0.3 is 29.7 Å². The van der Waals surface area contributed by atoms with Gasteiger partial charge in [0.05, 0.1) is 13.2 Å². The fourth-order valence-corrected chi connectivity index (χ4v) is 4.01. The molecule has 1 aromatic heterocycles. The van der Waals surface area contributed by atoms with Crippen molar-refractivity contribution in [3.05, 3.63) is 35.2 Å². The first kappa shape index (κ1) is 25.0. The molecule has 1 amide bonds. The van der Waals surface area contributed by atoms with E-state index in [0.29, 0.717) is 29.9 Å². The van der Waals surface area contributed by atoms with Crippen LogP contribution in [0.25, 0.3) is 0 Å². The van der Waals surface area contributed by atoms with Crippen molar-refractivity contribution in [2.45, 2.75) is 65.0 Å². The van der Waals surface area contributed by atoms with E-state index in [4.69, 9.17) is 14.4 Å². The molecule has 2 aromatic rings. The van der Waals surface area contributed by atoms with Gasteiger partial charge in [-0.1, -0.05) is 12.1 Å². The minimum Gasteiger partial charge on any atom is -0.494 e. The Morgan fingerprint density at radius 3 is 2.79 bits per heavy atom. The van der Waals surface area contributed by atoms with Crippen molar-refractivity contribution >= 4 is 11.9 Å². The summed E-state index contributed by atoms with van der Waals surface area (Å²) in [5, 5.41) is 25.4. The van der Waals surface area contributed by atoms with Crippen molar-refractivity contribution in [1.29, 1.82) is 0 Å². The second kappa shape index (κ2) is 11.5. The van der Waals surface area contributed by atoms with Crippen LogP contribution in [-0.4, -0.2) is 58.3 Å². The summed E-state index contributed by atoms with van der Waals surface area (Å²) in [6.07, 6.45) is 6.14.